The molecule has 4 aromatic rings. The predicted molar refractivity (Wildman–Crippen MR) is 108 cm³/mol. The Labute approximate surface area is 156 Å². The number of fused-ring (bicyclic) bond motifs is 2. The van der Waals surface area contributed by atoms with Crippen molar-refractivity contribution in [3.05, 3.63) is 59.8 Å². The molecule has 0 saturated carbocycles. The highest BCUT2D eigenvalue weighted by Crippen LogP contribution is 2.31. The van der Waals surface area contributed by atoms with E-state index in [0.29, 0.717) is 0 Å². The number of para-hydroxylation sites is 3. The number of nitrogens with one attached hydrogen (secondary N) is 1. The maximum Gasteiger partial charge on any atom is 0.178 e. The number of Topliss-reactive ketones (excluding diaryl/α,β-unsaturated/α-hetero) is 1. The number of aryl methyl sites for hydroxylation is 2. The quantitative estimate of drug-likeness (QED) is 0.391. The number of carbonyl (C=O) groups is 1. The first-order valence-electron chi connectivity index (χ1n) is 8.83. The van der Waals surface area contributed by atoms with Crippen LogP contribution in [-0.4, -0.2) is 25.6 Å². The van der Waals surface area contributed by atoms with Gasteiger partial charge in [0, 0.05) is 28.7 Å². The molecule has 4 nitrogen and oxygen atoms in total. The summed E-state index contributed by atoms with van der Waals surface area (Å²) < 4.78 is 2.17. The van der Waals surface area contributed by atoms with E-state index in [2.05, 4.69) is 22.5 Å². The maximum absolute atomic E-state index is 13.2. The molecule has 0 aliphatic heterocycles. The molecule has 0 radical (unpaired) electrons. The molecule has 0 aliphatic rings. The van der Waals surface area contributed by atoms with Gasteiger partial charge in [0.25, 0.3) is 0 Å². The highest BCUT2D eigenvalue weighted by Gasteiger charge is 2.24. The van der Waals surface area contributed by atoms with Gasteiger partial charge in [0.2, 0.25) is 0 Å². The van der Waals surface area contributed by atoms with E-state index >= 15 is 0 Å². The predicted octanol–water partition coefficient (Wildman–Crippen LogP) is 5.21. The SMILES string of the molecule is CCn1c(S[C@@H](C)C(=O)c2c(C)[nH]c3ccccc23)nc2ccccc21. The summed E-state index contributed by atoms with van der Waals surface area (Å²) in [7, 11) is 0. The average molecular weight is 363 g/mol. The number of aromatic nitrogens is 3. The van der Waals surface area contributed by atoms with Crippen molar-refractivity contribution in [3.8, 4) is 0 Å². The molecule has 1 N–H and O–H groups in total. The lowest BCUT2D eigenvalue weighted by atomic mass is 10.1. The molecule has 4 rings (SSSR count). The molecule has 0 saturated heterocycles. The van der Waals surface area contributed by atoms with E-state index in [1.54, 1.807) is 0 Å². The Morgan fingerprint density at radius 2 is 1.92 bits per heavy atom. The van der Waals surface area contributed by atoms with Gasteiger partial charge >= 0.3 is 0 Å². The van der Waals surface area contributed by atoms with Gasteiger partial charge in [-0.1, -0.05) is 42.1 Å². The van der Waals surface area contributed by atoms with E-state index in [4.69, 9.17) is 4.98 Å². The van der Waals surface area contributed by atoms with Crippen LogP contribution in [0.3, 0.4) is 0 Å². The van der Waals surface area contributed by atoms with Crippen molar-refractivity contribution in [1.82, 2.24) is 14.5 Å². The van der Waals surface area contributed by atoms with Crippen molar-refractivity contribution >= 4 is 39.5 Å². The Bertz CT molecular complexity index is 1110. The van der Waals surface area contributed by atoms with Crippen LogP contribution in [0.5, 0.6) is 0 Å². The van der Waals surface area contributed by atoms with Crippen molar-refractivity contribution in [1.29, 1.82) is 0 Å². The smallest absolute Gasteiger partial charge is 0.178 e. The fraction of sp³-hybridized carbons (Fsp3) is 0.238. The van der Waals surface area contributed by atoms with Gasteiger partial charge in [-0.3, -0.25) is 4.79 Å². The maximum atomic E-state index is 13.2. The Hall–Kier alpha value is -2.53. The van der Waals surface area contributed by atoms with Crippen LogP contribution >= 0.6 is 11.8 Å². The molecule has 0 unspecified atom stereocenters. The third-order valence-electron chi connectivity index (χ3n) is 4.73. The van der Waals surface area contributed by atoms with E-state index in [9.17, 15) is 4.79 Å². The van der Waals surface area contributed by atoms with Gasteiger partial charge in [-0.15, -0.1) is 0 Å². The Morgan fingerprint density at radius 3 is 2.73 bits per heavy atom. The standard InChI is InChI=1S/C21H21N3OS/c1-4-24-18-12-8-7-11-17(18)23-21(24)26-14(3)20(25)19-13(2)22-16-10-6-5-9-15(16)19/h5-12,14,22H,4H2,1-3H3/t14-/m0/s1. The van der Waals surface area contributed by atoms with Crippen LogP contribution in [0.2, 0.25) is 0 Å². The van der Waals surface area contributed by atoms with Crippen molar-refractivity contribution < 1.29 is 4.79 Å². The summed E-state index contributed by atoms with van der Waals surface area (Å²) in [5, 5.41) is 1.67. The first-order valence-corrected chi connectivity index (χ1v) is 9.71. The number of ketones is 1. The lowest BCUT2D eigenvalue weighted by molar-refractivity contribution is 0.0995. The van der Waals surface area contributed by atoms with Gasteiger partial charge < -0.3 is 9.55 Å². The third-order valence-corrected chi connectivity index (χ3v) is 5.82. The van der Waals surface area contributed by atoms with Gasteiger partial charge in [-0.2, -0.15) is 0 Å². The van der Waals surface area contributed by atoms with Gasteiger partial charge in [0.15, 0.2) is 10.9 Å². The van der Waals surface area contributed by atoms with E-state index in [-0.39, 0.29) is 11.0 Å². The lowest BCUT2D eigenvalue weighted by Crippen LogP contribution is -2.15. The number of hydrogen-bond donors (Lipinski definition) is 1. The number of nitrogens with zero attached hydrogens (tertiary/aromatic N) is 2. The first kappa shape index (κ1) is 16.9. The van der Waals surface area contributed by atoms with Crippen LogP contribution in [0.25, 0.3) is 21.9 Å². The van der Waals surface area contributed by atoms with Crippen molar-refractivity contribution in [2.24, 2.45) is 0 Å². The topological polar surface area (TPSA) is 50.7 Å². The zero-order chi connectivity index (χ0) is 18.3. The minimum atomic E-state index is -0.213. The van der Waals surface area contributed by atoms with Crippen molar-refractivity contribution in [2.75, 3.05) is 0 Å². The van der Waals surface area contributed by atoms with Gasteiger partial charge in [0.1, 0.15) is 0 Å². The van der Waals surface area contributed by atoms with E-state index in [0.717, 1.165) is 44.9 Å². The molecule has 26 heavy (non-hydrogen) atoms. The van der Waals surface area contributed by atoms with Crippen molar-refractivity contribution in [2.45, 2.75) is 37.7 Å². The summed E-state index contributed by atoms with van der Waals surface area (Å²) in [4.78, 5) is 21.2. The van der Waals surface area contributed by atoms with Crippen LogP contribution in [-0.2, 0) is 6.54 Å². The largest absolute Gasteiger partial charge is 0.358 e. The summed E-state index contributed by atoms with van der Waals surface area (Å²) in [6.07, 6.45) is 0. The zero-order valence-electron chi connectivity index (χ0n) is 15.1. The first-order chi connectivity index (χ1) is 12.6. The number of hydrogen-bond acceptors (Lipinski definition) is 3. The molecule has 0 aliphatic carbocycles. The van der Waals surface area contributed by atoms with Crippen molar-refractivity contribution in [3.63, 3.8) is 0 Å². The fourth-order valence-corrected chi connectivity index (χ4v) is 4.50. The van der Waals surface area contributed by atoms with Crippen LogP contribution in [0.15, 0.2) is 53.7 Å². The Kier molecular flexibility index (Phi) is 4.32. The zero-order valence-corrected chi connectivity index (χ0v) is 15.9. The van der Waals surface area contributed by atoms with Gasteiger partial charge in [0.05, 0.1) is 16.3 Å². The number of aromatic amines is 1. The second-order valence-electron chi connectivity index (χ2n) is 6.42. The van der Waals surface area contributed by atoms with E-state index in [1.807, 2.05) is 56.3 Å². The molecule has 0 fully saturated rings. The summed E-state index contributed by atoms with van der Waals surface area (Å²) in [5.41, 5.74) is 4.80. The number of imidazole rings is 1. The number of thioether (sulfide) groups is 1. The Morgan fingerprint density at radius 1 is 1.19 bits per heavy atom. The number of carbonyl (C=O) groups excluding carboxylic acids is 1. The minimum absolute atomic E-state index is 0.139. The molecule has 5 heteroatoms. The molecule has 0 amide bonds. The Balaban J connectivity index is 1.69. The summed E-state index contributed by atoms with van der Waals surface area (Å²) in [5.74, 6) is 0.139. The summed E-state index contributed by atoms with van der Waals surface area (Å²) >= 11 is 1.53. The lowest BCUT2D eigenvalue weighted by Gasteiger charge is -2.11. The minimum Gasteiger partial charge on any atom is -0.358 e. The monoisotopic (exact) mass is 363 g/mol. The average Bonchev–Trinajstić information content (AvgIpc) is 3.16. The molecular weight excluding hydrogens is 342 g/mol. The van der Waals surface area contributed by atoms with E-state index in [1.165, 1.54) is 11.8 Å². The highest BCUT2D eigenvalue weighted by molar-refractivity contribution is 8.00. The second-order valence-corrected chi connectivity index (χ2v) is 7.73. The molecule has 132 valence electrons. The van der Waals surface area contributed by atoms with E-state index < -0.39 is 0 Å². The second kappa shape index (κ2) is 6.65. The van der Waals surface area contributed by atoms with Gasteiger partial charge in [-0.05, 0) is 39.0 Å². The molecule has 1 atom stereocenters. The molecule has 2 aromatic carbocycles. The molecular formula is C21H21N3OS. The third kappa shape index (κ3) is 2.72. The highest BCUT2D eigenvalue weighted by atomic mass is 32.2. The van der Waals surface area contributed by atoms with Crippen LogP contribution in [0.4, 0.5) is 0 Å². The fourth-order valence-electron chi connectivity index (χ4n) is 3.46. The van der Waals surface area contributed by atoms with Gasteiger partial charge in [-0.25, -0.2) is 4.98 Å². The van der Waals surface area contributed by atoms with Crippen LogP contribution < -0.4 is 0 Å². The normalized spacial score (nSPS) is 12.7. The van der Waals surface area contributed by atoms with Crippen LogP contribution in [0.1, 0.15) is 29.9 Å². The molecule has 0 bridgehead atoms. The number of H-pyrrole nitrogens is 1. The van der Waals surface area contributed by atoms with Crippen LogP contribution in [0, 0.1) is 6.92 Å². The number of benzene rings is 2. The molecule has 2 heterocycles. The molecule has 2 aromatic heterocycles. The summed E-state index contributed by atoms with van der Waals surface area (Å²) in [6.45, 7) is 6.86. The number of rotatable bonds is 5. The molecule has 0 spiro atoms. The summed E-state index contributed by atoms with van der Waals surface area (Å²) in [6, 6.07) is 16.1.